The van der Waals surface area contributed by atoms with Crippen molar-refractivity contribution in [3.63, 3.8) is 0 Å². The van der Waals surface area contributed by atoms with Crippen LogP contribution in [0.1, 0.15) is 19.4 Å². The molecule has 0 amide bonds. The van der Waals surface area contributed by atoms with Gasteiger partial charge < -0.3 is 14.8 Å². The molecule has 8 heteroatoms. The summed E-state index contributed by atoms with van der Waals surface area (Å²) in [6.45, 7) is 3.75. The number of nitrogens with one attached hydrogen (secondary N) is 1. The predicted octanol–water partition coefficient (Wildman–Crippen LogP) is 0.755. The minimum Gasteiger partial charge on any atom is -0.381 e. The molecular weight excluding hydrogens is 231 g/mol. The molecule has 0 bridgehead atoms. The first-order valence-electron chi connectivity index (χ1n) is 4.72. The molecule has 0 aliphatic carbocycles. The Bertz CT molecular complexity index is 441. The Morgan fingerprint density at radius 2 is 2.06 bits per heavy atom. The van der Waals surface area contributed by atoms with Crippen LogP contribution >= 0.6 is 7.60 Å². The molecule has 1 rings (SSSR count). The topological polar surface area (TPSA) is 114 Å². The lowest BCUT2D eigenvalue weighted by atomic mass is 10.4. The van der Waals surface area contributed by atoms with E-state index in [2.05, 4.69) is 10.2 Å². The van der Waals surface area contributed by atoms with Gasteiger partial charge in [0.25, 0.3) is 0 Å². The van der Waals surface area contributed by atoms with E-state index in [9.17, 15) is 4.57 Å². The molecule has 0 aliphatic rings. The van der Waals surface area contributed by atoms with E-state index in [1.54, 1.807) is 13.8 Å². The fraction of sp³-hybridized carbons (Fsp3) is 0.500. The Kier molecular flexibility index (Phi) is 4.07. The van der Waals surface area contributed by atoms with Crippen molar-refractivity contribution >= 4 is 18.8 Å². The van der Waals surface area contributed by atoms with Gasteiger partial charge in [0.1, 0.15) is 11.6 Å². The third-order valence-corrected chi connectivity index (χ3v) is 3.83. The molecular formula is C8H13N4O3P. The quantitative estimate of drug-likeness (QED) is 0.739. The zero-order valence-corrected chi connectivity index (χ0v) is 9.95. The number of hydrogen-bond donors (Lipinski definition) is 2. The highest BCUT2D eigenvalue weighted by Gasteiger charge is 2.33. The Morgan fingerprint density at radius 3 is 2.50 bits per heavy atom. The smallest absolute Gasteiger partial charge is 0.380 e. The summed E-state index contributed by atoms with van der Waals surface area (Å²) in [7, 11) is -3.53. The predicted molar refractivity (Wildman–Crippen MR) is 58.2 cm³/mol. The summed E-state index contributed by atoms with van der Waals surface area (Å²) < 4.78 is 22.4. The van der Waals surface area contributed by atoms with E-state index < -0.39 is 7.60 Å². The van der Waals surface area contributed by atoms with Crippen LogP contribution in [-0.2, 0) is 13.6 Å². The number of aromatic amines is 1. The zero-order chi connectivity index (χ0) is 12.2. The van der Waals surface area contributed by atoms with Gasteiger partial charge in [-0.05, 0) is 13.8 Å². The molecule has 0 radical (unpaired) electrons. The number of anilines is 1. The van der Waals surface area contributed by atoms with Gasteiger partial charge in [0.2, 0.25) is 0 Å². The minimum absolute atomic E-state index is 0.00485. The van der Waals surface area contributed by atoms with Gasteiger partial charge in [-0.25, -0.2) is 0 Å². The lowest BCUT2D eigenvalue weighted by molar-refractivity contribution is 0.229. The van der Waals surface area contributed by atoms with Crippen molar-refractivity contribution in [1.82, 2.24) is 10.2 Å². The number of H-pyrrole nitrogens is 1. The second-order valence-corrected chi connectivity index (χ2v) is 4.74. The third-order valence-electron chi connectivity index (χ3n) is 1.76. The molecule has 0 saturated heterocycles. The van der Waals surface area contributed by atoms with E-state index >= 15 is 0 Å². The molecule has 0 aromatic carbocycles. The molecule has 1 aromatic heterocycles. The van der Waals surface area contributed by atoms with Crippen LogP contribution in [0.3, 0.4) is 0 Å². The van der Waals surface area contributed by atoms with Gasteiger partial charge in [-0.1, -0.05) is 0 Å². The van der Waals surface area contributed by atoms with Crippen molar-refractivity contribution in [2.45, 2.75) is 13.8 Å². The molecule has 1 aromatic rings. The standard InChI is InChI=1S/C8H13N4O3P/c1-3-14-16(13,15-4-2)8-6(5-9)7(10)11-12-8/h3-4H2,1-2H3,(H3,10,11,12). The van der Waals surface area contributed by atoms with E-state index in [4.69, 9.17) is 20.0 Å². The molecule has 3 N–H and O–H groups in total. The molecule has 0 saturated carbocycles. The maximum absolute atomic E-state index is 12.3. The summed E-state index contributed by atoms with van der Waals surface area (Å²) in [6.07, 6.45) is 0. The first kappa shape index (κ1) is 12.7. The molecule has 1 heterocycles. The number of aromatic nitrogens is 2. The Hall–Kier alpha value is -1.35. The van der Waals surface area contributed by atoms with Crippen molar-refractivity contribution in [1.29, 1.82) is 5.26 Å². The molecule has 88 valence electrons. The first-order valence-corrected chi connectivity index (χ1v) is 6.27. The average molecular weight is 244 g/mol. The van der Waals surface area contributed by atoms with Crippen LogP contribution in [0.25, 0.3) is 0 Å². The largest absolute Gasteiger partial charge is 0.381 e. The number of nitrogen functional groups attached to an aromatic ring is 1. The molecule has 0 unspecified atom stereocenters. The highest BCUT2D eigenvalue weighted by Crippen LogP contribution is 2.47. The second kappa shape index (κ2) is 5.12. The van der Waals surface area contributed by atoms with Crippen molar-refractivity contribution in [3.05, 3.63) is 5.56 Å². The summed E-state index contributed by atoms with van der Waals surface area (Å²) in [6, 6.07) is 1.82. The normalized spacial score (nSPS) is 11.3. The molecule has 0 fully saturated rings. The van der Waals surface area contributed by atoms with E-state index in [0.717, 1.165) is 0 Å². The van der Waals surface area contributed by atoms with Gasteiger partial charge in [-0.15, -0.1) is 0 Å². The van der Waals surface area contributed by atoms with Crippen LogP contribution in [0.2, 0.25) is 0 Å². The second-order valence-electron chi connectivity index (χ2n) is 2.78. The maximum atomic E-state index is 12.3. The maximum Gasteiger partial charge on any atom is 0.380 e. The van der Waals surface area contributed by atoms with Crippen molar-refractivity contribution in [3.8, 4) is 6.07 Å². The zero-order valence-electron chi connectivity index (χ0n) is 9.06. The third kappa shape index (κ3) is 2.25. The highest BCUT2D eigenvalue weighted by molar-refractivity contribution is 7.62. The van der Waals surface area contributed by atoms with Crippen LogP contribution in [-0.4, -0.2) is 23.4 Å². The Morgan fingerprint density at radius 1 is 1.50 bits per heavy atom. The van der Waals surface area contributed by atoms with Crippen LogP contribution in [0, 0.1) is 11.3 Å². The molecule has 0 aliphatic heterocycles. The van der Waals surface area contributed by atoms with Crippen molar-refractivity contribution in [2.24, 2.45) is 0 Å². The van der Waals surface area contributed by atoms with Gasteiger partial charge >= 0.3 is 7.60 Å². The van der Waals surface area contributed by atoms with Gasteiger partial charge in [0.05, 0.1) is 13.2 Å². The molecule has 7 nitrogen and oxygen atoms in total. The van der Waals surface area contributed by atoms with Gasteiger partial charge in [-0.2, -0.15) is 10.4 Å². The van der Waals surface area contributed by atoms with E-state index in [1.165, 1.54) is 0 Å². The first-order chi connectivity index (χ1) is 7.59. The number of rotatable bonds is 5. The van der Waals surface area contributed by atoms with E-state index in [0.29, 0.717) is 0 Å². The van der Waals surface area contributed by atoms with Gasteiger partial charge in [0, 0.05) is 0 Å². The molecule has 16 heavy (non-hydrogen) atoms. The van der Waals surface area contributed by atoms with Crippen LogP contribution in [0.4, 0.5) is 5.82 Å². The number of nitrogens with zero attached hydrogens (tertiary/aromatic N) is 2. The summed E-state index contributed by atoms with van der Waals surface area (Å²) in [5.41, 5.74) is 5.46. The van der Waals surface area contributed by atoms with Crippen molar-refractivity contribution < 1.29 is 13.6 Å². The van der Waals surface area contributed by atoms with Gasteiger partial charge in [0.15, 0.2) is 11.3 Å². The minimum atomic E-state index is -3.53. The fourth-order valence-electron chi connectivity index (χ4n) is 1.16. The summed E-state index contributed by atoms with van der Waals surface area (Å²) in [5, 5.41) is 14.9. The summed E-state index contributed by atoms with van der Waals surface area (Å²) >= 11 is 0. The lowest BCUT2D eigenvalue weighted by Crippen LogP contribution is -2.15. The van der Waals surface area contributed by atoms with Crippen LogP contribution < -0.4 is 11.2 Å². The SMILES string of the molecule is CCOP(=O)(OCC)c1[nH]nc(N)c1C#N. The number of nitrogens with two attached hydrogens (primary N) is 1. The average Bonchev–Trinajstić information content (AvgIpc) is 2.60. The van der Waals surface area contributed by atoms with Crippen molar-refractivity contribution in [2.75, 3.05) is 18.9 Å². The van der Waals surface area contributed by atoms with E-state index in [-0.39, 0.29) is 30.0 Å². The number of hydrogen-bond acceptors (Lipinski definition) is 6. The van der Waals surface area contributed by atoms with Crippen LogP contribution in [0.15, 0.2) is 0 Å². The summed E-state index contributed by atoms with van der Waals surface area (Å²) in [5.74, 6) is -0.0165. The highest BCUT2D eigenvalue weighted by atomic mass is 31.2. The summed E-state index contributed by atoms with van der Waals surface area (Å²) in [4.78, 5) is 0. The molecule has 0 spiro atoms. The van der Waals surface area contributed by atoms with Crippen LogP contribution in [0.5, 0.6) is 0 Å². The lowest BCUT2D eigenvalue weighted by Gasteiger charge is -2.15. The molecule has 0 atom stereocenters. The monoisotopic (exact) mass is 244 g/mol. The Labute approximate surface area is 93.1 Å². The van der Waals surface area contributed by atoms with Gasteiger partial charge in [-0.3, -0.25) is 9.66 Å². The number of nitriles is 1. The Balaban J connectivity index is 3.22. The fourth-order valence-corrected chi connectivity index (χ4v) is 2.78. The van der Waals surface area contributed by atoms with E-state index in [1.807, 2.05) is 6.07 Å².